The van der Waals surface area contributed by atoms with E-state index >= 15 is 0 Å². The summed E-state index contributed by atoms with van der Waals surface area (Å²) in [7, 11) is 1.69. The van der Waals surface area contributed by atoms with Crippen molar-refractivity contribution in [2.24, 2.45) is 0 Å². The molecule has 18 heavy (non-hydrogen) atoms. The molecule has 1 aromatic rings. The van der Waals surface area contributed by atoms with E-state index in [-0.39, 0.29) is 0 Å². The molecule has 0 atom stereocenters. The highest BCUT2D eigenvalue weighted by molar-refractivity contribution is 5.54. The van der Waals surface area contributed by atoms with Crippen LogP contribution in [0.2, 0.25) is 0 Å². The third-order valence-corrected chi connectivity index (χ3v) is 3.10. The first kappa shape index (κ1) is 14.5. The Morgan fingerprint density at radius 3 is 2.72 bits per heavy atom. The summed E-state index contributed by atoms with van der Waals surface area (Å²) in [5.41, 5.74) is 0.625. The highest BCUT2D eigenvalue weighted by Gasteiger charge is 2.19. The molecule has 4 nitrogen and oxygen atoms in total. The number of ether oxygens (including phenoxy) is 1. The van der Waals surface area contributed by atoms with Crippen LogP contribution in [0, 0.1) is 11.3 Å². The monoisotopic (exact) mass is 247 g/mol. The van der Waals surface area contributed by atoms with Crippen LogP contribution in [0.4, 0.5) is 5.82 Å². The zero-order chi connectivity index (χ0) is 13.4. The molecule has 1 rings (SSSR count). The normalized spacial score (nSPS) is 10.4. The van der Waals surface area contributed by atoms with Gasteiger partial charge in [0.2, 0.25) is 0 Å². The predicted octanol–water partition coefficient (Wildman–Crippen LogP) is 2.59. The van der Waals surface area contributed by atoms with Crippen LogP contribution in [-0.4, -0.2) is 31.3 Å². The van der Waals surface area contributed by atoms with Gasteiger partial charge in [0, 0.05) is 25.9 Å². The summed E-state index contributed by atoms with van der Waals surface area (Å²) < 4.78 is 5.15. The van der Waals surface area contributed by atoms with Crippen molar-refractivity contribution in [2.75, 3.05) is 25.2 Å². The van der Waals surface area contributed by atoms with Crippen molar-refractivity contribution >= 4 is 5.82 Å². The van der Waals surface area contributed by atoms with E-state index in [0.717, 1.165) is 25.2 Å². The lowest BCUT2D eigenvalue weighted by Crippen LogP contribution is -2.38. The summed E-state index contributed by atoms with van der Waals surface area (Å²) in [6.07, 6.45) is 3.79. The first-order chi connectivity index (χ1) is 8.78. The van der Waals surface area contributed by atoms with Gasteiger partial charge in [0.25, 0.3) is 0 Å². The highest BCUT2D eigenvalue weighted by atomic mass is 16.5. The van der Waals surface area contributed by atoms with Gasteiger partial charge in [-0.2, -0.15) is 5.26 Å². The minimum absolute atomic E-state index is 0.391. The Balaban J connectivity index is 3.04. The summed E-state index contributed by atoms with van der Waals surface area (Å²) in [6, 6.07) is 6.21. The van der Waals surface area contributed by atoms with Crippen molar-refractivity contribution in [1.29, 1.82) is 5.26 Å². The van der Waals surface area contributed by atoms with Gasteiger partial charge in [0.1, 0.15) is 11.9 Å². The van der Waals surface area contributed by atoms with Gasteiger partial charge in [-0.15, -0.1) is 0 Å². The molecule has 0 radical (unpaired) electrons. The number of methoxy groups -OCH3 is 1. The molecule has 0 aliphatic carbocycles. The molecular formula is C14H21N3O. The lowest BCUT2D eigenvalue weighted by molar-refractivity contribution is 0.202. The van der Waals surface area contributed by atoms with E-state index in [9.17, 15) is 5.26 Å². The second kappa shape index (κ2) is 7.67. The van der Waals surface area contributed by atoms with Gasteiger partial charge in [-0.05, 0) is 25.0 Å². The first-order valence-corrected chi connectivity index (χ1v) is 6.39. The molecule has 0 saturated heterocycles. The summed E-state index contributed by atoms with van der Waals surface area (Å²) in [5.74, 6) is 0.769. The first-order valence-electron chi connectivity index (χ1n) is 6.39. The summed E-state index contributed by atoms with van der Waals surface area (Å²) in [5, 5.41) is 9.17. The second-order valence-electron chi connectivity index (χ2n) is 4.14. The minimum atomic E-state index is 0.391. The van der Waals surface area contributed by atoms with Crippen LogP contribution in [0.5, 0.6) is 0 Å². The molecule has 98 valence electrons. The van der Waals surface area contributed by atoms with Crippen LogP contribution in [0.3, 0.4) is 0 Å². The number of nitrogens with zero attached hydrogens (tertiary/aromatic N) is 3. The Bertz CT molecular complexity index is 396. The van der Waals surface area contributed by atoms with Crippen LogP contribution in [-0.2, 0) is 4.74 Å². The van der Waals surface area contributed by atoms with Crippen LogP contribution in [0.25, 0.3) is 0 Å². The Morgan fingerprint density at radius 1 is 1.44 bits per heavy atom. The number of anilines is 1. The van der Waals surface area contributed by atoms with E-state index in [4.69, 9.17) is 4.74 Å². The van der Waals surface area contributed by atoms with Crippen molar-refractivity contribution in [3.05, 3.63) is 23.9 Å². The largest absolute Gasteiger partial charge is 0.383 e. The molecular weight excluding hydrogens is 226 g/mol. The molecule has 4 heteroatoms. The Hall–Kier alpha value is -1.60. The van der Waals surface area contributed by atoms with E-state index in [1.54, 1.807) is 19.4 Å². The van der Waals surface area contributed by atoms with Gasteiger partial charge in [-0.25, -0.2) is 4.98 Å². The Labute approximate surface area is 109 Å². The van der Waals surface area contributed by atoms with Gasteiger partial charge >= 0.3 is 0 Å². The van der Waals surface area contributed by atoms with Crippen LogP contribution < -0.4 is 4.90 Å². The van der Waals surface area contributed by atoms with E-state index in [0.29, 0.717) is 18.2 Å². The number of rotatable bonds is 7. The highest BCUT2D eigenvalue weighted by Crippen LogP contribution is 2.21. The molecule has 0 spiro atoms. The standard InChI is InChI=1S/C14H21N3O/c1-4-13(5-2)17(9-10-18-3)14-12(11-15)7-6-8-16-14/h6-8,13H,4-5,9-10H2,1-3H3. The SMILES string of the molecule is CCC(CC)N(CCOC)c1ncccc1C#N. The summed E-state index contributed by atoms with van der Waals surface area (Å²) in [6.45, 7) is 5.71. The van der Waals surface area contributed by atoms with Gasteiger partial charge in [0.05, 0.1) is 12.2 Å². The quantitative estimate of drug-likeness (QED) is 0.743. The molecule has 0 unspecified atom stereocenters. The Morgan fingerprint density at radius 2 is 2.17 bits per heavy atom. The Kier molecular flexibility index (Phi) is 6.16. The van der Waals surface area contributed by atoms with Crippen molar-refractivity contribution in [1.82, 2.24) is 4.98 Å². The van der Waals surface area contributed by atoms with Crippen molar-refractivity contribution in [3.8, 4) is 6.07 Å². The van der Waals surface area contributed by atoms with E-state index in [1.807, 2.05) is 6.07 Å². The maximum atomic E-state index is 9.17. The fourth-order valence-electron chi connectivity index (χ4n) is 2.09. The van der Waals surface area contributed by atoms with Crippen molar-refractivity contribution in [2.45, 2.75) is 32.7 Å². The number of pyridine rings is 1. The molecule has 1 aromatic heterocycles. The van der Waals surface area contributed by atoms with Crippen molar-refractivity contribution < 1.29 is 4.74 Å². The molecule has 0 amide bonds. The van der Waals surface area contributed by atoms with E-state index in [2.05, 4.69) is 29.8 Å². The maximum absolute atomic E-state index is 9.17. The summed E-state index contributed by atoms with van der Waals surface area (Å²) >= 11 is 0. The molecule has 0 bridgehead atoms. The molecule has 0 aliphatic rings. The third kappa shape index (κ3) is 3.44. The average Bonchev–Trinajstić information content (AvgIpc) is 2.43. The van der Waals surface area contributed by atoms with Crippen LogP contribution in [0.1, 0.15) is 32.3 Å². The van der Waals surface area contributed by atoms with Gasteiger partial charge < -0.3 is 9.64 Å². The van der Waals surface area contributed by atoms with Crippen LogP contribution in [0.15, 0.2) is 18.3 Å². The fraction of sp³-hybridized carbons (Fsp3) is 0.571. The molecule has 0 aromatic carbocycles. The topological polar surface area (TPSA) is 49.1 Å². The van der Waals surface area contributed by atoms with Crippen molar-refractivity contribution in [3.63, 3.8) is 0 Å². The van der Waals surface area contributed by atoms with Gasteiger partial charge in [-0.3, -0.25) is 0 Å². The smallest absolute Gasteiger partial charge is 0.146 e. The van der Waals surface area contributed by atoms with Crippen LogP contribution >= 0.6 is 0 Å². The van der Waals surface area contributed by atoms with E-state index in [1.165, 1.54) is 0 Å². The molecule has 0 fully saturated rings. The summed E-state index contributed by atoms with van der Waals surface area (Å²) in [4.78, 5) is 6.55. The lowest BCUT2D eigenvalue weighted by atomic mass is 10.1. The molecule has 1 heterocycles. The number of hydrogen-bond acceptors (Lipinski definition) is 4. The molecule has 0 saturated carbocycles. The van der Waals surface area contributed by atoms with Gasteiger partial charge in [-0.1, -0.05) is 13.8 Å². The lowest BCUT2D eigenvalue weighted by Gasteiger charge is -2.31. The zero-order valence-electron chi connectivity index (χ0n) is 11.4. The predicted molar refractivity (Wildman–Crippen MR) is 72.5 cm³/mol. The third-order valence-electron chi connectivity index (χ3n) is 3.10. The minimum Gasteiger partial charge on any atom is -0.383 e. The zero-order valence-corrected chi connectivity index (χ0v) is 11.4. The number of hydrogen-bond donors (Lipinski definition) is 0. The molecule has 0 N–H and O–H groups in total. The number of aromatic nitrogens is 1. The maximum Gasteiger partial charge on any atom is 0.146 e. The number of nitriles is 1. The average molecular weight is 247 g/mol. The second-order valence-corrected chi connectivity index (χ2v) is 4.14. The molecule has 0 aliphatic heterocycles. The van der Waals surface area contributed by atoms with Gasteiger partial charge in [0.15, 0.2) is 0 Å². The fourth-order valence-corrected chi connectivity index (χ4v) is 2.09. The van der Waals surface area contributed by atoms with E-state index < -0.39 is 0 Å².